The van der Waals surface area contributed by atoms with Gasteiger partial charge in [0.15, 0.2) is 0 Å². The summed E-state index contributed by atoms with van der Waals surface area (Å²) in [6.45, 7) is 6.62. The molecule has 120 valence electrons. The highest BCUT2D eigenvalue weighted by atomic mass is 16.5. The fourth-order valence-electron chi connectivity index (χ4n) is 2.33. The van der Waals surface area contributed by atoms with Crippen molar-refractivity contribution in [1.82, 2.24) is 20.1 Å². The van der Waals surface area contributed by atoms with E-state index in [1.54, 1.807) is 22.9 Å². The molecule has 2 heterocycles. The van der Waals surface area contributed by atoms with Gasteiger partial charge in [-0.05, 0) is 13.0 Å². The number of amides is 3. The quantitative estimate of drug-likeness (QED) is 0.895. The van der Waals surface area contributed by atoms with E-state index in [0.29, 0.717) is 45.2 Å². The molecule has 22 heavy (non-hydrogen) atoms. The largest absolute Gasteiger partial charge is 0.478 e. The van der Waals surface area contributed by atoms with Gasteiger partial charge in [-0.2, -0.15) is 0 Å². The zero-order valence-electron chi connectivity index (χ0n) is 13.0. The van der Waals surface area contributed by atoms with Gasteiger partial charge in [0.1, 0.15) is 0 Å². The monoisotopic (exact) mass is 306 g/mol. The van der Waals surface area contributed by atoms with Crippen molar-refractivity contribution in [2.24, 2.45) is 0 Å². The van der Waals surface area contributed by atoms with Gasteiger partial charge < -0.3 is 19.9 Å². The average molecular weight is 306 g/mol. The van der Waals surface area contributed by atoms with Crippen molar-refractivity contribution in [2.45, 2.75) is 20.4 Å². The fraction of sp³-hybridized carbons (Fsp3) is 0.533. The number of hydrogen-bond donors (Lipinski definition) is 1. The lowest BCUT2D eigenvalue weighted by molar-refractivity contribution is -0.130. The fourth-order valence-corrected chi connectivity index (χ4v) is 2.33. The Balaban J connectivity index is 1.85. The highest BCUT2D eigenvalue weighted by Gasteiger charge is 2.22. The topological polar surface area (TPSA) is 74.8 Å². The highest BCUT2D eigenvalue weighted by Crippen LogP contribution is 2.14. The maximum Gasteiger partial charge on any atom is 0.317 e. The first-order valence-corrected chi connectivity index (χ1v) is 7.46. The molecule has 2 rings (SSSR count). The molecule has 0 saturated carbocycles. The molecule has 1 saturated heterocycles. The number of carbonyl (C=O) groups is 2. The van der Waals surface area contributed by atoms with Crippen LogP contribution in [-0.4, -0.2) is 59.5 Å². The van der Waals surface area contributed by atoms with E-state index >= 15 is 0 Å². The summed E-state index contributed by atoms with van der Waals surface area (Å²) in [5.41, 5.74) is 0.847. The van der Waals surface area contributed by atoms with Crippen LogP contribution in [-0.2, 0) is 11.3 Å². The average Bonchev–Trinajstić information content (AvgIpc) is 2.54. The van der Waals surface area contributed by atoms with E-state index in [1.807, 2.05) is 19.1 Å². The molecule has 1 fully saturated rings. The van der Waals surface area contributed by atoms with E-state index in [2.05, 4.69) is 10.3 Å². The van der Waals surface area contributed by atoms with Crippen LogP contribution in [0.25, 0.3) is 0 Å². The Kier molecular flexibility index (Phi) is 5.57. The van der Waals surface area contributed by atoms with Crippen LogP contribution in [0.3, 0.4) is 0 Å². The van der Waals surface area contributed by atoms with Gasteiger partial charge in [-0.25, -0.2) is 9.78 Å². The molecule has 1 N–H and O–H groups in total. The van der Waals surface area contributed by atoms with Crippen LogP contribution in [0, 0.1) is 0 Å². The molecule has 3 amide bonds. The van der Waals surface area contributed by atoms with Crippen molar-refractivity contribution < 1.29 is 14.3 Å². The van der Waals surface area contributed by atoms with Crippen LogP contribution in [0.1, 0.15) is 19.4 Å². The smallest absolute Gasteiger partial charge is 0.317 e. The molecule has 1 aliphatic heterocycles. The number of urea groups is 1. The molecular weight excluding hydrogens is 284 g/mol. The third kappa shape index (κ3) is 4.09. The predicted molar refractivity (Wildman–Crippen MR) is 81.5 cm³/mol. The summed E-state index contributed by atoms with van der Waals surface area (Å²) in [7, 11) is 0. The summed E-state index contributed by atoms with van der Waals surface area (Å²) in [6.07, 6.45) is 1.66. The Morgan fingerprint density at radius 2 is 1.95 bits per heavy atom. The summed E-state index contributed by atoms with van der Waals surface area (Å²) < 4.78 is 5.44. The Morgan fingerprint density at radius 3 is 2.59 bits per heavy atom. The molecule has 0 spiro atoms. The lowest BCUT2D eigenvalue weighted by atomic mass is 10.2. The second-order valence-electron chi connectivity index (χ2n) is 5.05. The van der Waals surface area contributed by atoms with Crippen LogP contribution in [0.15, 0.2) is 18.3 Å². The first kappa shape index (κ1) is 16.1. The van der Waals surface area contributed by atoms with E-state index in [1.165, 1.54) is 0 Å². The number of carbonyl (C=O) groups excluding carboxylic acids is 2. The van der Waals surface area contributed by atoms with Crippen LogP contribution in [0.2, 0.25) is 0 Å². The number of ether oxygens (including phenoxy) is 1. The van der Waals surface area contributed by atoms with Crippen molar-refractivity contribution in [1.29, 1.82) is 0 Å². The Morgan fingerprint density at radius 1 is 1.27 bits per heavy atom. The second kappa shape index (κ2) is 7.63. The first-order chi connectivity index (χ1) is 10.6. The maximum atomic E-state index is 12.2. The van der Waals surface area contributed by atoms with Crippen molar-refractivity contribution in [2.75, 3.05) is 32.8 Å². The minimum absolute atomic E-state index is 0.0526. The van der Waals surface area contributed by atoms with Gasteiger partial charge in [-0.3, -0.25) is 4.79 Å². The van der Waals surface area contributed by atoms with Gasteiger partial charge in [-0.1, -0.05) is 6.07 Å². The molecule has 7 nitrogen and oxygen atoms in total. The molecule has 1 aromatic rings. The molecule has 0 radical (unpaired) electrons. The summed E-state index contributed by atoms with van der Waals surface area (Å²) in [4.78, 5) is 31.1. The predicted octanol–water partition coefficient (Wildman–Crippen LogP) is 0.854. The third-order valence-corrected chi connectivity index (χ3v) is 3.57. The molecule has 0 unspecified atom stereocenters. The highest BCUT2D eigenvalue weighted by molar-refractivity contribution is 5.76. The van der Waals surface area contributed by atoms with E-state index in [9.17, 15) is 9.59 Å². The normalized spacial score (nSPS) is 14.6. The molecule has 0 atom stereocenters. The van der Waals surface area contributed by atoms with Gasteiger partial charge in [0.25, 0.3) is 0 Å². The molecule has 0 aliphatic carbocycles. The van der Waals surface area contributed by atoms with E-state index in [-0.39, 0.29) is 11.9 Å². The minimum Gasteiger partial charge on any atom is -0.478 e. The number of aromatic nitrogens is 1. The summed E-state index contributed by atoms with van der Waals surface area (Å²) >= 11 is 0. The SMILES string of the molecule is CCOc1ncccc1CNC(=O)N1CCN(C(C)=O)CC1. The van der Waals surface area contributed by atoms with E-state index in [4.69, 9.17) is 4.74 Å². The zero-order chi connectivity index (χ0) is 15.9. The molecule has 1 aliphatic rings. The first-order valence-electron chi connectivity index (χ1n) is 7.46. The Labute approximate surface area is 130 Å². The molecule has 7 heteroatoms. The van der Waals surface area contributed by atoms with Gasteiger partial charge in [0, 0.05) is 51.4 Å². The van der Waals surface area contributed by atoms with Gasteiger partial charge in [0.2, 0.25) is 11.8 Å². The summed E-state index contributed by atoms with van der Waals surface area (Å²) in [6, 6.07) is 3.57. The number of nitrogens with zero attached hydrogens (tertiary/aromatic N) is 3. The Hall–Kier alpha value is -2.31. The molecular formula is C15H22N4O3. The maximum absolute atomic E-state index is 12.2. The van der Waals surface area contributed by atoms with E-state index < -0.39 is 0 Å². The molecule has 1 aromatic heterocycles. The van der Waals surface area contributed by atoms with Crippen molar-refractivity contribution in [3.8, 4) is 5.88 Å². The van der Waals surface area contributed by atoms with Gasteiger partial charge in [0.05, 0.1) is 6.61 Å². The minimum atomic E-state index is -0.130. The lowest BCUT2D eigenvalue weighted by Gasteiger charge is -2.34. The number of rotatable bonds is 4. The second-order valence-corrected chi connectivity index (χ2v) is 5.05. The molecule has 0 bridgehead atoms. The number of nitrogens with one attached hydrogen (secondary N) is 1. The van der Waals surface area contributed by atoms with Gasteiger partial charge in [-0.15, -0.1) is 0 Å². The third-order valence-electron chi connectivity index (χ3n) is 3.57. The van der Waals surface area contributed by atoms with E-state index in [0.717, 1.165) is 5.56 Å². The van der Waals surface area contributed by atoms with Crippen LogP contribution in [0.5, 0.6) is 5.88 Å². The van der Waals surface area contributed by atoms with Crippen LogP contribution < -0.4 is 10.1 Å². The number of pyridine rings is 1. The van der Waals surface area contributed by atoms with Crippen molar-refractivity contribution in [3.05, 3.63) is 23.9 Å². The van der Waals surface area contributed by atoms with Crippen molar-refractivity contribution >= 4 is 11.9 Å². The van der Waals surface area contributed by atoms with Crippen LogP contribution in [0.4, 0.5) is 4.79 Å². The van der Waals surface area contributed by atoms with Gasteiger partial charge >= 0.3 is 6.03 Å². The summed E-state index contributed by atoms with van der Waals surface area (Å²) in [5, 5.41) is 2.88. The van der Waals surface area contributed by atoms with Crippen LogP contribution >= 0.6 is 0 Å². The number of hydrogen-bond acceptors (Lipinski definition) is 4. The number of piperazine rings is 1. The summed E-state index contributed by atoms with van der Waals surface area (Å²) in [5.74, 6) is 0.600. The standard InChI is InChI=1S/C15H22N4O3/c1-3-22-14-13(5-4-6-16-14)11-17-15(21)19-9-7-18(8-10-19)12(2)20/h4-6H,3,7-11H2,1-2H3,(H,17,21). The molecule has 0 aromatic carbocycles. The zero-order valence-corrected chi connectivity index (χ0v) is 13.0. The lowest BCUT2D eigenvalue weighted by Crippen LogP contribution is -2.52. The van der Waals surface area contributed by atoms with Crippen molar-refractivity contribution in [3.63, 3.8) is 0 Å². The Bertz CT molecular complexity index is 527.